The molecule has 0 bridgehead atoms. The first-order chi connectivity index (χ1) is 9.63. The van der Waals surface area contributed by atoms with Crippen LogP contribution < -0.4 is 5.32 Å². The zero-order chi connectivity index (χ0) is 14.5. The van der Waals surface area contributed by atoms with E-state index in [-0.39, 0.29) is 0 Å². The number of hydrogen-bond acceptors (Lipinski definition) is 5. The summed E-state index contributed by atoms with van der Waals surface area (Å²) in [5.74, 6) is 1.58. The van der Waals surface area contributed by atoms with Gasteiger partial charge in [0.25, 0.3) is 0 Å². The van der Waals surface area contributed by atoms with Gasteiger partial charge in [0.15, 0.2) is 5.17 Å². The van der Waals surface area contributed by atoms with E-state index in [4.69, 9.17) is 15.5 Å². The molecule has 0 spiro atoms. The Hall–Kier alpha value is -1.98. The van der Waals surface area contributed by atoms with E-state index < -0.39 is 0 Å². The van der Waals surface area contributed by atoms with Gasteiger partial charge >= 0.3 is 0 Å². The van der Waals surface area contributed by atoms with Crippen molar-refractivity contribution in [1.82, 2.24) is 0 Å². The molecule has 2 rings (SSSR count). The van der Waals surface area contributed by atoms with Crippen molar-refractivity contribution in [2.75, 3.05) is 11.1 Å². The Morgan fingerprint density at radius 3 is 2.70 bits per heavy atom. The Morgan fingerprint density at radius 2 is 2.05 bits per heavy atom. The molecule has 1 aromatic carbocycles. The summed E-state index contributed by atoms with van der Waals surface area (Å²) in [7, 11) is 0. The molecule has 102 valence electrons. The fraction of sp³-hybridized carbons (Fsp3) is 0.400. The summed E-state index contributed by atoms with van der Waals surface area (Å²) < 4.78 is 0. The Balaban J connectivity index is 2.19. The molecular formula is C15H16N4S. The molecular weight excluding hydrogens is 268 g/mol. The van der Waals surface area contributed by atoms with Crippen molar-refractivity contribution in [2.24, 2.45) is 10.9 Å². The van der Waals surface area contributed by atoms with Crippen molar-refractivity contribution in [3.8, 4) is 12.1 Å². The molecule has 1 aromatic rings. The average Bonchev–Trinajstić information content (AvgIpc) is 2.47. The minimum Gasteiger partial charge on any atom is -0.335 e. The fourth-order valence-corrected chi connectivity index (χ4v) is 2.97. The van der Waals surface area contributed by atoms with Crippen molar-refractivity contribution < 1.29 is 0 Å². The second-order valence-corrected chi connectivity index (χ2v) is 6.08. The predicted octanol–water partition coefficient (Wildman–Crippen LogP) is 3.36. The molecule has 0 aliphatic carbocycles. The van der Waals surface area contributed by atoms with Gasteiger partial charge in [-0.15, -0.1) is 0 Å². The smallest absolute Gasteiger partial charge is 0.161 e. The van der Waals surface area contributed by atoms with E-state index in [1.54, 1.807) is 23.9 Å². The molecule has 0 radical (unpaired) electrons. The highest BCUT2D eigenvalue weighted by Gasteiger charge is 2.18. The number of amidine groups is 1. The summed E-state index contributed by atoms with van der Waals surface area (Å²) in [4.78, 5) is 4.70. The van der Waals surface area contributed by atoms with Crippen molar-refractivity contribution in [2.45, 2.75) is 26.3 Å². The quantitative estimate of drug-likeness (QED) is 0.903. The second kappa shape index (κ2) is 6.45. The summed E-state index contributed by atoms with van der Waals surface area (Å²) in [6.07, 6.45) is 1.10. The number of nitrogens with one attached hydrogen (secondary N) is 1. The number of anilines is 1. The van der Waals surface area contributed by atoms with Crippen LogP contribution in [-0.2, 0) is 0 Å². The summed E-state index contributed by atoms with van der Waals surface area (Å²) in [6.45, 7) is 4.36. The van der Waals surface area contributed by atoms with Crippen LogP contribution in [0.4, 0.5) is 5.69 Å². The summed E-state index contributed by atoms with van der Waals surface area (Å²) in [5.41, 5.74) is 1.59. The highest BCUT2D eigenvalue weighted by molar-refractivity contribution is 8.14. The molecule has 4 nitrogen and oxygen atoms in total. The molecule has 5 heteroatoms. The number of thioether (sulfide) groups is 1. The second-order valence-electron chi connectivity index (χ2n) is 4.99. The minimum atomic E-state index is 0.354. The first-order valence-electron chi connectivity index (χ1n) is 6.56. The molecule has 1 N–H and O–H groups in total. The number of nitriles is 2. The van der Waals surface area contributed by atoms with Crippen molar-refractivity contribution in [1.29, 1.82) is 10.5 Å². The van der Waals surface area contributed by atoms with Crippen LogP contribution in [0.1, 0.15) is 31.4 Å². The summed E-state index contributed by atoms with van der Waals surface area (Å²) >= 11 is 1.69. The molecule has 1 heterocycles. The highest BCUT2D eigenvalue weighted by atomic mass is 32.2. The van der Waals surface area contributed by atoms with Gasteiger partial charge in [-0.1, -0.05) is 25.6 Å². The zero-order valence-corrected chi connectivity index (χ0v) is 12.4. The van der Waals surface area contributed by atoms with Crippen LogP contribution in [0.3, 0.4) is 0 Å². The molecule has 0 fully saturated rings. The van der Waals surface area contributed by atoms with Gasteiger partial charge in [0.2, 0.25) is 0 Å². The average molecular weight is 284 g/mol. The highest BCUT2D eigenvalue weighted by Crippen LogP contribution is 2.24. The molecule has 0 amide bonds. The van der Waals surface area contributed by atoms with E-state index in [9.17, 15) is 0 Å². The lowest BCUT2D eigenvalue weighted by Crippen LogP contribution is -2.23. The largest absolute Gasteiger partial charge is 0.335 e. The normalized spacial score (nSPS) is 18.1. The zero-order valence-electron chi connectivity index (χ0n) is 11.6. The van der Waals surface area contributed by atoms with Crippen LogP contribution in [0.2, 0.25) is 0 Å². The maximum absolute atomic E-state index is 9.03. The van der Waals surface area contributed by atoms with E-state index in [0.29, 0.717) is 23.1 Å². The number of aliphatic imine (C=N–C) groups is 1. The third-order valence-electron chi connectivity index (χ3n) is 3.22. The van der Waals surface area contributed by atoms with Crippen LogP contribution in [0.25, 0.3) is 0 Å². The SMILES string of the molecule is CC(C)C1CCSC(Nc2ccc(C#N)c(C#N)c2)=N1. The minimum absolute atomic E-state index is 0.354. The fourth-order valence-electron chi connectivity index (χ4n) is 2.02. The lowest BCUT2D eigenvalue weighted by Gasteiger charge is -2.23. The van der Waals surface area contributed by atoms with Gasteiger partial charge in [-0.25, -0.2) is 0 Å². The number of nitrogens with zero attached hydrogens (tertiary/aromatic N) is 3. The first-order valence-corrected chi connectivity index (χ1v) is 7.54. The Kier molecular flexibility index (Phi) is 4.65. The standard InChI is InChI=1S/C15H16N4S/c1-10(2)14-5-6-20-15(19-14)18-13-4-3-11(8-16)12(7-13)9-17/h3-4,7,10,14H,5-6H2,1-2H3,(H,18,19). The third-order valence-corrected chi connectivity index (χ3v) is 4.14. The third kappa shape index (κ3) is 3.31. The van der Waals surface area contributed by atoms with Gasteiger partial charge < -0.3 is 5.32 Å². The van der Waals surface area contributed by atoms with Gasteiger partial charge in [0.1, 0.15) is 12.1 Å². The molecule has 20 heavy (non-hydrogen) atoms. The monoisotopic (exact) mass is 284 g/mol. The van der Waals surface area contributed by atoms with Gasteiger partial charge in [-0.2, -0.15) is 10.5 Å². The molecule has 1 atom stereocenters. The van der Waals surface area contributed by atoms with Crippen molar-refractivity contribution >= 4 is 22.6 Å². The lowest BCUT2D eigenvalue weighted by atomic mass is 10.0. The van der Waals surface area contributed by atoms with E-state index in [1.165, 1.54) is 0 Å². The number of benzene rings is 1. The van der Waals surface area contributed by atoms with Gasteiger partial charge in [-0.3, -0.25) is 4.99 Å². The van der Waals surface area contributed by atoms with E-state index in [2.05, 4.69) is 19.2 Å². The number of rotatable bonds is 2. The van der Waals surface area contributed by atoms with Crippen LogP contribution in [-0.4, -0.2) is 17.0 Å². The molecule has 0 saturated heterocycles. The molecule has 0 aromatic heterocycles. The summed E-state index contributed by atoms with van der Waals surface area (Å²) in [6, 6.07) is 9.57. The topological polar surface area (TPSA) is 72.0 Å². The Bertz CT molecular complexity index is 607. The molecule has 0 saturated carbocycles. The summed E-state index contributed by atoms with van der Waals surface area (Å²) in [5, 5.41) is 22.1. The van der Waals surface area contributed by atoms with Crippen LogP contribution in [0.5, 0.6) is 0 Å². The van der Waals surface area contributed by atoms with Crippen molar-refractivity contribution in [3.63, 3.8) is 0 Å². The van der Waals surface area contributed by atoms with E-state index >= 15 is 0 Å². The molecule has 1 aliphatic rings. The Morgan fingerprint density at radius 1 is 1.30 bits per heavy atom. The van der Waals surface area contributed by atoms with Crippen LogP contribution >= 0.6 is 11.8 Å². The first kappa shape index (κ1) is 14.4. The van der Waals surface area contributed by atoms with Crippen molar-refractivity contribution in [3.05, 3.63) is 29.3 Å². The van der Waals surface area contributed by atoms with Crippen LogP contribution in [0, 0.1) is 28.6 Å². The lowest BCUT2D eigenvalue weighted by molar-refractivity contribution is 0.485. The van der Waals surface area contributed by atoms with Crippen LogP contribution in [0.15, 0.2) is 23.2 Å². The van der Waals surface area contributed by atoms with Gasteiger partial charge in [0, 0.05) is 11.4 Å². The number of hydrogen-bond donors (Lipinski definition) is 1. The van der Waals surface area contributed by atoms with E-state index in [0.717, 1.165) is 23.0 Å². The predicted molar refractivity (Wildman–Crippen MR) is 82.6 cm³/mol. The maximum atomic E-state index is 9.03. The van der Waals surface area contributed by atoms with E-state index in [1.807, 2.05) is 18.2 Å². The maximum Gasteiger partial charge on any atom is 0.161 e. The molecule has 1 aliphatic heterocycles. The van der Waals surface area contributed by atoms with Gasteiger partial charge in [0.05, 0.1) is 17.2 Å². The Labute approximate surface area is 123 Å². The molecule has 1 unspecified atom stereocenters. The van der Waals surface area contributed by atoms with Gasteiger partial charge in [-0.05, 0) is 30.5 Å².